The van der Waals surface area contributed by atoms with Crippen LogP contribution in [-0.2, 0) is 10.0 Å². The Hall–Kier alpha value is -1.44. The molecule has 1 fully saturated rings. The van der Waals surface area contributed by atoms with Crippen molar-refractivity contribution in [1.29, 1.82) is 0 Å². The lowest BCUT2D eigenvalue weighted by Crippen LogP contribution is -2.35. The van der Waals surface area contributed by atoms with Crippen molar-refractivity contribution in [3.8, 4) is 11.3 Å². The summed E-state index contributed by atoms with van der Waals surface area (Å²) >= 11 is 1.07. The highest BCUT2D eigenvalue weighted by Crippen LogP contribution is 2.30. The second-order valence-corrected chi connectivity index (χ2v) is 8.81. The van der Waals surface area contributed by atoms with E-state index in [1.165, 1.54) is 4.31 Å². The molecule has 2 aromatic rings. The van der Waals surface area contributed by atoms with Gasteiger partial charge in [-0.3, -0.25) is 4.79 Å². The van der Waals surface area contributed by atoms with Crippen molar-refractivity contribution in [3.63, 3.8) is 0 Å². The minimum atomic E-state index is -3.53. The number of benzene rings is 1. The zero-order valence-corrected chi connectivity index (χ0v) is 14.8. The van der Waals surface area contributed by atoms with Crippen molar-refractivity contribution in [2.24, 2.45) is 0 Å². The molecular weight excluding hydrogens is 332 g/mol. The molecule has 0 atom stereocenters. The standard InChI is InChI=1S/C16H20N2O3S2/c1-11-7-8-12(14-10-22-16(19)17-14)9-15(11)23(20,21)18(2)13-5-3-4-6-13/h7-10,13H,3-6H2,1-2H3,(H,17,19). The van der Waals surface area contributed by atoms with E-state index in [9.17, 15) is 13.2 Å². The molecule has 1 aromatic carbocycles. The first-order valence-corrected chi connectivity index (χ1v) is 9.98. The van der Waals surface area contributed by atoms with E-state index in [2.05, 4.69) is 4.98 Å². The van der Waals surface area contributed by atoms with Gasteiger partial charge in [0.25, 0.3) is 0 Å². The summed E-state index contributed by atoms with van der Waals surface area (Å²) < 4.78 is 27.5. The number of H-pyrrole nitrogens is 1. The summed E-state index contributed by atoms with van der Waals surface area (Å²) in [5.41, 5.74) is 2.09. The summed E-state index contributed by atoms with van der Waals surface area (Å²) in [6.07, 6.45) is 4.01. The average Bonchev–Trinajstić information content (AvgIpc) is 3.18. The van der Waals surface area contributed by atoms with Gasteiger partial charge in [-0.05, 0) is 31.4 Å². The van der Waals surface area contributed by atoms with Gasteiger partial charge in [0, 0.05) is 24.0 Å². The molecule has 0 amide bonds. The van der Waals surface area contributed by atoms with Gasteiger partial charge in [0.2, 0.25) is 10.0 Å². The van der Waals surface area contributed by atoms with Gasteiger partial charge in [0.05, 0.1) is 10.6 Å². The molecule has 0 unspecified atom stereocenters. The van der Waals surface area contributed by atoms with E-state index in [0.29, 0.717) is 16.2 Å². The maximum absolute atomic E-state index is 13.0. The Kier molecular flexibility index (Phi) is 4.44. The van der Waals surface area contributed by atoms with Gasteiger partial charge < -0.3 is 4.98 Å². The van der Waals surface area contributed by atoms with Gasteiger partial charge in [-0.25, -0.2) is 8.42 Å². The quantitative estimate of drug-likeness (QED) is 0.919. The molecule has 5 nitrogen and oxygen atoms in total. The summed E-state index contributed by atoms with van der Waals surface area (Å²) in [7, 11) is -1.86. The largest absolute Gasteiger partial charge is 0.312 e. The smallest absolute Gasteiger partial charge is 0.304 e. The van der Waals surface area contributed by atoms with Crippen LogP contribution in [0.15, 0.2) is 33.3 Å². The Balaban J connectivity index is 2.02. The Morgan fingerprint density at radius 2 is 1.96 bits per heavy atom. The maximum Gasteiger partial charge on any atom is 0.304 e. The van der Waals surface area contributed by atoms with Crippen molar-refractivity contribution < 1.29 is 8.42 Å². The zero-order valence-electron chi connectivity index (χ0n) is 13.2. The van der Waals surface area contributed by atoms with Crippen LogP contribution in [0.3, 0.4) is 0 Å². The Bertz CT molecular complexity index is 861. The van der Waals surface area contributed by atoms with Crippen LogP contribution in [0.2, 0.25) is 0 Å². The lowest BCUT2D eigenvalue weighted by molar-refractivity contribution is 0.373. The summed E-state index contributed by atoms with van der Waals surface area (Å²) in [6.45, 7) is 1.80. The number of aromatic amines is 1. The molecule has 7 heteroatoms. The van der Waals surface area contributed by atoms with E-state index >= 15 is 0 Å². The van der Waals surface area contributed by atoms with Gasteiger partial charge in [-0.2, -0.15) is 4.31 Å². The van der Waals surface area contributed by atoms with Crippen molar-refractivity contribution in [1.82, 2.24) is 9.29 Å². The van der Waals surface area contributed by atoms with Gasteiger partial charge >= 0.3 is 4.87 Å². The summed E-state index contributed by atoms with van der Waals surface area (Å²) in [6, 6.07) is 5.38. The molecule has 1 saturated carbocycles. The molecule has 0 bridgehead atoms. The van der Waals surface area contributed by atoms with Crippen LogP contribution in [0.4, 0.5) is 0 Å². The van der Waals surface area contributed by atoms with E-state index in [1.54, 1.807) is 31.5 Å². The molecule has 1 N–H and O–H groups in total. The molecule has 0 radical (unpaired) electrons. The van der Waals surface area contributed by atoms with Gasteiger partial charge in [0.1, 0.15) is 0 Å². The molecule has 1 aliphatic carbocycles. The molecule has 23 heavy (non-hydrogen) atoms. The van der Waals surface area contributed by atoms with E-state index in [0.717, 1.165) is 42.6 Å². The topological polar surface area (TPSA) is 70.2 Å². The first kappa shape index (κ1) is 16.4. The molecule has 3 rings (SSSR count). The van der Waals surface area contributed by atoms with E-state index in [-0.39, 0.29) is 10.9 Å². The molecule has 1 heterocycles. The number of rotatable bonds is 4. The number of sulfonamides is 1. The number of hydrogen-bond donors (Lipinski definition) is 1. The number of nitrogens with one attached hydrogen (secondary N) is 1. The van der Waals surface area contributed by atoms with Crippen molar-refractivity contribution >= 4 is 21.4 Å². The number of aromatic nitrogens is 1. The monoisotopic (exact) mass is 352 g/mol. The lowest BCUT2D eigenvalue weighted by Gasteiger charge is -2.24. The van der Waals surface area contributed by atoms with Gasteiger partial charge in [0.15, 0.2) is 0 Å². The third kappa shape index (κ3) is 3.13. The fourth-order valence-electron chi connectivity index (χ4n) is 3.09. The predicted molar refractivity (Wildman–Crippen MR) is 92.3 cm³/mol. The Morgan fingerprint density at radius 1 is 1.26 bits per heavy atom. The first-order valence-electron chi connectivity index (χ1n) is 7.66. The highest BCUT2D eigenvalue weighted by Gasteiger charge is 2.31. The minimum Gasteiger partial charge on any atom is -0.312 e. The SMILES string of the molecule is Cc1ccc(-c2csc(=O)[nH]2)cc1S(=O)(=O)N(C)C1CCCC1. The number of aryl methyl sites for hydroxylation is 1. The maximum atomic E-state index is 13.0. The van der Waals surface area contributed by atoms with E-state index < -0.39 is 10.0 Å². The molecule has 0 aliphatic heterocycles. The lowest BCUT2D eigenvalue weighted by atomic mass is 10.1. The third-order valence-corrected chi connectivity index (χ3v) is 7.24. The minimum absolute atomic E-state index is 0.0870. The fraction of sp³-hybridized carbons (Fsp3) is 0.438. The molecule has 0 saturated heterocycles. The Morgan fingerprint density at radius 3 is 2.57 bits per heavy atom. The molecule has 1 aliphatic rings. The van der Waals surface area contributed by atoms with E-state index in [4.69, 9.17) is 0 Å². The van der Waals surface area contributed by atoms with Crippen molar-refractivity contribution in [2.75, 3.05) is 7.05 Å². The van der Waals surface area contributed by atoms with Crippen molar-refractivity contribution in [2.45, 2.75) is 43.5 Å². The van der Waals surface area contributed by atoms with Crippen LogP contribution in [0.1, 0.15) is 31.2 Å². The Labute approximate surface area is 140 Å². The average molecular weight is 352 g/mol. The number of nitrogens with zero attached hydrogens (tertiary/aromatic N) is 1. The van der Waals surface area contributed by atoms with Crippen LogP contribution in [0, 0.1) is 6.92 Å². The summed E-state index contributed by atoms with van der Waals surface area (Å²) in [4.78, 5) is 14.2. The number of hydrogen-bond acceptors (Lipinski definition) is 4. The second-order valence-electron chi connectivity index (χ2n) is 6.00. The summed E-state index contributed by atoms with van der Waals surface area (Å²) in [5.74, 6) is 0. The normalized spacial score (nSPS) is 16.3. The molecular formula is C16H20N2O3S2. The molecule has 0 spiro atoms. The zero-order chi connectivity index (χ0) is 16.6. The van der Waals surface area contributed by atoms with Gasteiger partial charge in [-0.1, -0.05) is 36.3 Å². The van der Waals surface area contributed by atoms with Crippen molar-refractivity contribution in [3.05, 3.63) is 38.8 Å². The highest BCUT2D eigenvalue weighted by atomic mass is 32.2. The second kappa shape index (κ2) is 6.22. The number of thiazole rings is 1. The first-order chi connectivity index (χ1) is 10.9. The van der Waals surface area contributed by atoms with E-state index in [1.807, 2.05) is 6.07 Å². The molecule has 124 valence electrons. The highest BCUT2D eigenvalue weighted by molar-refractivity contribution is 7.89. The third-order valence-electron chi connectivity index (χ3n) is 4.52. The van der Waals surface area contributed by atoms with Gasteiger partial charge in [-0.15, -0.1) is 0 Å². The molecule has 1 aromatic heterocycles. The van der Waals surface area contributed by atoms with Crippen LogP contribution in [0.5, 0.6) is 0 Å². The van der Waals surface area contributed by atoms with Crippen LogP contribution in [-0.4, -0.2) is 30.8 Å². The van der Waals surface area contributed by atoms with Crippen LogP contribution >= 0.6 is 11.3 Å². The van der Waals surface area contributed by atoms with Crippen LogP contribution < -0.4 is 4.87 Å². The summed E-state index contributed by atoms with van der Waals surface area (Å²) in [5, 5.41) is 1.71. The van der Waals surface area contributed by atoms with Crippen LogP contribution in [0.25, 0.3) is 11.3 Å². The predicted octanol–water partition coefficient (Wildman–Crippen LogP) is 2.97. The fourth-order valence-corrected chi connectivity index (χ4v) is 5.34.